The summed E-state index contributed by atoms with van der Waals surface area (Å²) >= 11 is 0. The van der Waals surface area contributed by atoms with E-state index in [1.165, 1.54) is 5.56 Å². The van der Waals surface area contributed by atoms with Gasteiger partial charge in [-0.25, -0.2) is 0 Å². The van der Waals surface area contributed by atoms with Crippen LogP contribution in [-0.4, -0.2) is 66.7 Å². The lowest BCUT2D eigenvalue weighted by atomic mass is 9.54. The standard InChI is InChI=1S/C21H33N3O2.2ClH/c1-4-26-18-16-21(22,20(18,2)3)19(25)24-14-12-23(13-15-24)11-10-17-8-6-5-7-9-17;;/h5-9,18H,4,10-16,22H2,1-3H3;2*1H. The second-order valence-electron chi connectivity index (χ2n) is 8.21. The normalized spacial score (nSPS) is 26.6. The summed E-state index contributed by atoms with van der Waals surface area (Å²) in [5, 5.41) is 0. The minimum atomic E-state index is -0.793. The molecule has 1 saturated heterocycles. The lowest BCUT2D eigenvalue weighted by Crippen LogP contribution is -2.76. The fourth-order valence-electron chi connectivity index (χ4n) is 4.19. The zero-order valence-corrected chi connectivity index (χ0v) is 18.9. The van der Waals surface area contributed by atoms with E-state index in [9.17, 15) is 4.79 Å². The van der Waals surface area contributed by atoms with Gasteiger partial charge in [0.25, 0.3) is 0 Å². The Hall–Kier alpha value is -0.850. The van der Waals surface area contributed by atoms with Crippen LogP contribution in [-0.2, 0) is 16.0 Å². The second-order valence-corrected chi connectivity index (χ2v) is 8.21. The predicted molar refractivity (Wildman–Crippen MR) is 118 cm³/mol. The van der Waals surface area contributed by atoms with Gasteiger partial charge in [0.05, 0.1) is 6.10 Å². The van der Waals surface area contributed by atoms with Crippen molar-refractivity contribution in [1.82, 2.24) is 9.80 Å². The molecule has 7 heteroatoms. The zero-order chi connectivity index (χ0) is 18.8. The number of ether oxygens (including phenoxy) is 1. The van der Waals surface area contributed by atoms with Crippen LogP contribution in [0.3, 0.4) is 0 Å². The molecule has 1 aromatic carbocycles. The Kier molecular flexibility index (Phi) is 9.23. The summed E-state index contributed by atoms with van der Waals surface area (Å²) in [6.07, 6.45) is 1.76. The minimum Gasteiger partial charge on any atom is -0.378 e. The highest BCUT2D eigenvalue weighted by atomic mass is 35.5. The summed E-state index contributed by atoms with van der Waals surface area (Å²) in [7, 11) is 0. The third-order valence-electron chi connectivity index (χ3n) is 6.43. The van der Waals surface area contributed by atoms with Crippen LogP contribution in [0.15, 0.2) is 30.3 Å². The molecular formula is C21H35Cl2N3O2. The van der Waals surface area contributed by atoms with Crippen LogP contribution in [0.1, 0.15) is 32.8 Å². The van der Waals surface area contributed by atoms with Gasteiger partial charge in [-0.05, 0) is 18.9 Å². The summed E-state index contributed by atoms with van der Waals surface area (Å²) in [6.45, 7) is 11.2. The van der Waals surface area contributed by atoms with Crippen LogP contribution < -0.4 is 5.73 Å². The van der Waals surface area contributed by atoms with Gasteiger partial charge in [-0.2, -0.15) is 0 Å². The summed E-state index contributed by atoms with van der Waals surface area (Å²) < 4.78 is 5.76. The summed E-state index contributed by atoms with van der Waals surface area (Å²) in [6, 6.07) is 10.6. The summed E-state index contributed by atoms with van der Waals surface area (Å²) in [4.78, 5) is 17.5. The van der Waals surface area contributed by atoms with Gasteiger partial charge in [0.2, 0.25) is 5.91 Å². The molecule has 28 heavy (non-hydrogen) atoms. The van der Waals surface area contributed by atoms with E-state index in [0.29, 0.717) is 13.0 Å². The Morgan fingerprint density at radius 1 is 1.14 bits per heavy atom. The highest BCUT2D eigenvalue weighted by Gasteiger charge is 2.63. The largest absolute Gasteiger partial charge is 0.378 e. The van der Waals surface area contributed by atoms with Crippen molar-refractivity contribution in [3.8, 4) is 0 Å². The molecule has 2 atom stereocenters. The van der Waals surface area contributed by atoms with E-state index in [2.05, 4.69) is 49.1 Å². The Morgan fingerprint density at radius 2 is 1.75 bits per heavy atom. The van der Waals surface area contributed by atoms with Gasteiger partial charge >= 0.3 is 0 Å². The van der Waals surface area contributed by atoms with Crippen molar-refractivity contribution in [2.45, 2.75) is 45.3 Å². The Morgan fingerprint density at radius 3 is 2.29 bits per heavy atom. The number of carbonyl (C=O) groups is 1. The van der Waals surface area contributed by atoms with E-state index >= 15 is 0 Å². The second kappa shape index (κ2) is 10.3. The molecule has 2 fully saturated rings. The van der Waals surface area contributed by atoms with E-state index in [-0.39, 0.29) is 42.2 Å². The molecule has 1 aliphatic heterocycles. The maximum Gasteiger partial charge on any atom is 0.243 e. The van der Waals surface area contributed by atoms with Crippen molar-refractivity contribution in [3.05, 3.63) is 35.9 Å². The highest BCUT2D eigenvalue weighted by Crippen LogP contribution is 2.50. The number of hydrogen-bond acceptors (Lipinski definition) is 4. The minimum absolute atomic E-state index is 0. The van der Waals surface area contributed by atoms with E-state index in [4.69, 9.17) is 10.5 Å². The molecule has 2 unspecified atom stereocenters. The number of benzene rings is 1. The van der Waals surface area contributed by atoms with Gasteiger partial charge in [-0.1, -0.05) is 44.2 Å². The van der Waals surface area contributed by atoms with Crippen LogP contribution in [0.5, 0.6) is 0 Å². The predicted octanol–water partition coefficient (Wildman–Crippen LogP) is 2.75. The number of nitrogens with two attached hydrogens (primary N) is 1. The molecule has 3 rings (SSSR count). The number of halogens is 2. The van der Waals surface area contributed by atoms with Gasteiger partial charge in [-0.15, -0.1) is 24.8 Å². The monoisotopic (exact) mass is 431 g/mol. The molecule has 1 aromatic rings. The molecule has 160 valence electrons. The topological polar surface area (TPSA) is 58.8 Å². The first-order chi connectivity index (χ1) is 12.4. The zero-order valence-electron chi connectivity index (χ0n) is 17.2. The smallest absolute Gasteiger partial charge is 0.243 e. The maximum absolute atomic E-state index is 13.1. The van der Waals surface area contributed by atoms with Gasteiger partial charge in [-0.3, -0.25) is 9.69 Å². The SMILES string of the molecule is CCOC1CC(N)(C(=O)N2CCN(CCc3ccccc3)CC2)C1(C)C.Cl.Cl. The molecule has 1 amide bonds. The van der Waals surface area contributed by atoms with E-state index in [1.54, 1.807) is 0 Å². The highest BCUT2D eigenvalue weighted by molar-refractivity contribution is 5.89. The average Bonchev–Trinajstić information content (AvgIpc) is 2.66. The number of nitrogens with zero attached hydrogens (tertiary/aromatic N) is 2. The number of rotatable bonds is 6. The molecule has 0 radical (unpaired) electrons. The van der Waals surface area contributed by atoms with Crippen LogP contribution in [0.25, 0.3) is 0 Å². The Labute approximate surface area is 181 Å². The van der Waals surface area contributed by atoms with Gasteiger partial charge in [0.1, 0.15) is 5.54 Å². The van der Waals surface area contributed by atoms with E-state index < -0.39 is 5.54 Å². The van der Waals surface area contributed by atoms with Gasteiger partial charge in [0.15, 0.2) is 0 Å². The average molecular weight is 432 g/mol. The van der Waals surface area contributed by atoms with Crippen LogP contribution in [0, 0.1) is 5.41 Å². The Bertz CT molecular complexity index is 621. The first-order valence-corrected chi connectivity index (χ1v) is 9.84. The van der Waals surface area contributed by atoms with Crippen molar-refractivity contribution < 1.29 is 9.53 Å². The molecular weight excluding hydrogens is 397 g/mol. The van der Waals surface area contributed by atoms with Crippen molar-refractivity contribution >= 4 is 30.7 Å². The fourth-order valence-corrected chi connectivity index (χ4v) is 4.19. The van der Waals surface area contributed by atoms with Crippen LogP contribution in [0.2, 0.25) is 0 Å². The lowest BCUT2D eigenvalue weighted by Gasteiger charge is -2.59. The third-order valence-corrected chi connectivity index (χ3v) is 6.43. The molecule has 1 aliphatic carbocycles. The lowest BCUT2D eigenvalue weighted by molar-refractivity contribution is -0.180. The Balaban J connectivity index is 0.00000196. The summed E-state index contributed by atoms with van der Waals surface area (Å²) in [5.74, 6) is 0.0983. The number of amides is 1. The van der Waals surface area contributed by atoms with E-state index in [0.717, 1.165) is 39.1 Å². The quantitative estimate of drug-likeness (QED) is 0.751. The number of hydrogen-bond donors (Lipinski definition) is 1. The van der Waals surface area contributed by atoms with Crippen molar-refractivity contribution in [1.29, 1.82) is 0 Å². The van der Waals surface area contributed by atoms with Crippen molar-refractivity contribution in [2.75, 3.05) is 39.3 Å². The molecule has 0 bridgehead atoms. The molecule has 2 aliphatic rings. The van der Waals surface area contributed by atoms with Crippen LogP contribution in [0.4, 0.5) is 0 Å². The van der Waals surface area contributed by atoms with Crippen molar-refractivity contribution in [2.24, 2.45) is 11.1 Å². The number of piperazine rings is 1. The molecule has 0 spiro atoms. The van der Waals surface area contributed by atoms with E-state index in [1.807, 2.05) is 11.8 Å². The van der Waals surface area contributed by atoms with Gasteiger partial charge in [0, 0.05) is 51.2 Å². The molecule has 1 saturated carbocycles. The maximum atomic E-state index is 13.1. The van der Waals surface area contributed by atoms with Crippen LogP contribution >= 0.6 is 24.8 Å². The first kappa shape index (κ1) is 25.2. The van der Waals surface area contributed by atoms with Crippen molar-refractivity contribution in [3.63, 3.8) is 0 Å². The fraction of sp³-hybridized carbons (Fsp3) is 0.667. The third kappa shape index (κ3) is 4.82. The van der Waals surface area contributed by atoms with Gasteiger partial charge < -0.3 is 15.4 Å². The molecule has 0 aromatic heterocycles. The molecule has 2 N–H and O–H groups in total. The molecule has 1 heterocycles. The number of carbonyl (C=O) groups excluding carboxylic acids is 1. The molecule has 5 nitrogen and oxygen atoms in total. The summed E-state index contributed by atoms with van der Waals surface area (Å²) in [5.41, 5.74) is 6.82. The first-order valence-electron chi connectivity index (χ1n) is 9.84.